The maximum Gasteiger partial charge on any atom is 0.405 e. The van der Waals surface area contributed by atoms with E-state index in [-0.39, 0.29) is 11.6 Å². The van der Waals surface area contributed by atoms with E-state index < -0.39 is 18.1 Å². The molecule has 2 N–H and O–H groups in total. The standard InChI is InChI=1S/C18H27N2O5PS2/c1-12(2)20(26(27)23-9-6-10-24-26)28-16(19-17(21)22)14-8-5-7-13-11-18(3,4)25-15(13)14/h5,7-8,12,16,19H,6,9-11H2,1-4H3,(H,21,22). The van der Waals surface area contributed by atoms with Gasteiger partial charge >= 0.3 is 6.09 Å². The van der Waals surface area contributed by atoms with Crippen molar-refractivity contribution in [3.63, 3.8) is 0 Å². The number of fused-ring (bicyclic) bond motifs is 1. The summed E-state index contributed by atoms with van der Waals surface area (Å²) in [7, 11) is 0. The van der Waals surface area contributed by atoms with Crippen LogP contribution in [0.5, 0.6) is 5.75 Å². The van der Waals surface area contributed by atoms with Crippen LogP contribution in [0, 0.1) is 0 Å². The Kier molecular flexibility index (Phi) is 6.64. The summed E-state index contributed by atoms with van der Waals surface area (Å²) >= 11 is 7.04. The van der Waals surface area contributed by atoms with Gasteiger partial charge in [-0.15, -0.1) is 0 Å². The molecule has 0 saturated carbocycles. The molecule has 7 nitrogen and oxygen atoms in total. The number of hydrogen-bond donors (Lipinski definition) is 2. The Morgan fingerprint density at radius 2 is 2.04 bits per heavy atom. The van der Waals surface area contributed by atoms with Crippen LogP contribution in [0.15, 0.2) is 18.2 Å². The highest BCUT2D eigenvalue weighted by Gasteiger charge is 2.39. The lowest BCUT2D eigenvalue weighted by molar-refractivity contribution is 0.137. The summed E-state index contributed by atoms with van der Waals surface area (Å²) in [5.74, 6) is 0.740. The maximum atomic E-state index is 11.6. The second-order valence-corrected chi connectivity index (χ2v) is 12.3. The van der Waals surface area contributed by atoms with Crippen LogP contribution in [0.3, 0.4) is 0 Å². The van der Waals surface area contributed by atoms with Gasteiger partial charge in [0.2, 0.25) is 0 Å². The first-order valence-corrected chi connectivity index (χ1v) is 12.7. The lowest BCUT2D eigenvalue weighted by Gasteiger charge is -2.39. The number of ether oxygens (including phenoxy) is 1. The van der Waals surface area contributed by atoms with Crippen LogP contribution in [0.25, 0.3) is 0 Å². The summed E-state index contributed by atoms with van der Waals surface area (Å²) in [4.78, 5) is 11.6. The minimum Gasteiger partial charge on any atom is -0.487 e. The van der Waals surface area contributed by atoms with Crippen LogP contribution >= 0.6 is 18.6 Å². The largest absolute Gasteiger partial charge is 0.487 e. The molecule has 156 valence electrons. The van der Waals surface area contributed by atoms with Gasteiger partial charge in [0.15, 0.2) is 0 Å². The molecule has 2 aliphatic rings. The van der Waals surface area contributed by atoms with Crippen molar-refractivity contribution in [3.05, 3.63) is 29.3 Å². The molecular weight excluding hydrogens is 419 g/mol. The highest BCUT2D eigenvalue weighted by Crippen LogP contribution is 2.61. The fourth-order valence-electron chi connectivity index (χ4n) is 3.26. The zero-order chi connectivity index (χ0) is 20.5. The number of carbonyl (C=O) groups is 1. The van der Waals surface area contributed by atoms with Crippen molar-refractivity contribution in [1.29, 1.82) is 0 Å². The molecule has 2 aliphatic heterocycles. The van der Waals surface area contributed by atoms with E-state index in [1.54, 1.807) is 0 Å². The van der Waals surface area contributed by atoms with E-state index in [1.165, 1.54) is 11.9 Å². The van der Waals surface area contributed by atoms with E-state index in [2.05, 4.69) is 5.32 Å². The molecule has 1 aromatic rings. The van der Waals surface area contributed by atoms with E-state index in [9.17, 15) is 9.90 Å². The first-order valence-electron chi connectivity index (χ1n) is 9.27. The second kappa shape index (κ2) is 8.50. The summed E-state index contributed by atoms with van der Waals surface area (Å²) in [6.45, 7) is 6.46. The zero-order valence-electron chi connectivity index (χ0n) is 16.5. The maximum absolute atomic E-state index is 11.6. The van der Waals surface area contributed by atoms with E-state index in [1.807, 2.05) is 50.0 Å². The van der Waals surface area contributed by atoms with Gasteiger partial charge in [0.05, 0.1) is 13.2 Å². The molecule has 1 saturated heterocycles. The summed E-state index contributed by atoms with van der Waals surface area (Å²) in [6.07, 6.45) is 0.470. The normalized spacial score (nSPS) is 21.2. The third kappa shape index (κ3) is 4.83. The van der Waals surface area contributed by atoms with Crippen LogP contribution in [-0.4, -0.2) is 40.1 Å². The minimum atomic E-state index is -2.69. The number of para-hydroxylation sites is 1. The molecule has 1 atom stereocenters. The van der Waals surface area contributed by atoms with Crippen LogP contribution in [0.1, 0.15) is 50.6 Å². The summed E-state index contributed by atoms with van der Waals surface area (Å²) in [6, 6.07) is 5.84. The number of hydrogen-bond acceptors (Lipinski definition) is 6. The van der Waals surface area contributed by atoms with Gasteiger partial charge in [0.1, 0.15) is 16.7 Å². The van der Waals surface area contributed by atoms with Crippen LogP contribution in [-0.2, 0) is 27.3 Å². The van der Waals surface area contributed by atoms with Crippen molar-refractivity contribution >= 4 is 36.5 Å². The fraction of sp³-hybridized carbons (Fsp3) is 0.611. The van der Waals surface area contributed by atoms with Crippen LogP contribution in [0.2, 0.25) is 0 Å². The van der Waals surface area contributed by atoms with Crippen molar-refractivity contribution in [1.82, 2.24) is 9.39 Å². The number of amides is 1. The Hall–Kier alpha value is -0.830. The SMILES string of the molecule is CC(C)N(SC(NC(=O)O)c1cccc2c1OC(C)(C)C2)P1(=S)OCCCO1. The Morgan fingerprint density at radius 3 is 2.64 bits per heavy atom. The quantitative estimate of drug-likeness (QED) is 0.370. The third-order valence-corrected chi connectivity index (χ3v) is 9.93. The fourth-order valence-corrected chi connectivity index (χ4v) is 8.15. The molecule has 1 fully saturated rings. The minimum absolute atomic E-state index is 0.00106. The predicted molar refractivity (Wildman–Crippen MR) is 114 cm³/mol. The molecule has 0 aromatic heterocycles. The third-order valence-electron chi connectivity index (χ3n) is 4.35. The van der Waals surface area contributed by atoms with Gasteiger partial charge in [-0.05, 0) is 63.4 Å². The van der Waals surface area contributed by atoms with Gasteiger partial charge in [-0.2, -0.15) is 4.08 Å². The summed E-state index contributed by atoms with van der Waals surface area (Å²) in [5.41, 5.74) is 1.53. The molecule has 2 heterocycles. The molecular formula is C18H27N2O5PS2. The molecule has 1 aromatic carbocycles. The molecule has 3 rings (SSSR count). The number of rotatable bonds is 6. The zero-order valence-corrected chi connectivity index (χ0v) is 19.0. The van der Waals surface area contributed by atoms with Crippen molar-refractivity contribution < 1.29 is 23.7 Å². The molecule has 0 spiro atoms. The van der Waals surface area contributed by atoms with E-state index in [0.717, 1.165) is 29.7 Å². The van der Waals surface area contributed by atoms with Crippen LogP contribution < -0.4 is 10.1 Å². The number of nitrogens with one attached hydrogen (secondary N) is 1. The van der Waals surface area contributed by atoms with E-state index in [0.29, 0.717) is 13.2 Å². The summed E-state index contributed by atoms with van der Waals surface area (Å²) < 4.78 is 19.8. The number of carboxylic acid groups (broad SMARTS) is 1. The van der Waals surface area contributed by atoms with E-state index in [4.69, 9.17) is 25.6 Å². The molecule has 10 heteroatoms. The van der Waals surface area contributed by atoms with Crippen molar-refractivity contribution in [2.45, 2.75) is 57.6 Å². The topological polar surface area (TPSA) is 80.3 Å². The lowest BCUT2D eigenvalue weighted by Crippen LogP contribution is -2.32. The van der Waals surface area contributed by atoms with Crippen molar-refractivity contribution in [2.75, 3.05) is 13.2 Å². The van der Waals surface area contributed by atoms with Gasteiger partial charge < -0.3 is 24.2 Å². The van der Waals surface area contributed by atoms with E-state index >= 15 is 0 Å². The highest BCUT2D eigenvalue weighted by molar-refractivity contribution is 8.15. The molecule has 0 radical (unpaired) electrons. The molecule has 0 bridgehead atoms. The molecule has 28 heavy (non-hydrogen) atoms. The Morgan fingerprint density at radius 1 is 1.36 bits per heavy atom. The highest BCUT2D eigenvalue weighted by atomic mass is 32.5. The van der Waals surface area contributed by atoms with Gasteiger partial charge in [-0.1, -0.05) is 18.2 Å². The monoisotopic (exact) mass is 446 g/mol. The van der Waals surface area contributed by atoms with Crippen LogP contribution in [0.4, 0.5) is 4.79 Å². The molecule has 1 unspecified atom stereocenters. The van der Waals surface area contributed by atoms with Gasteiger partial charge in [0, 0.05) is 18.0 Å². The molecule has 1 amide bonds. The average molecular weight is 447 g/mol. The van der Waals surface area contributed by atoms with Gasteiger partial charge in [-0.25, -0.2) is 4.79 Å². The number of nitrogens with zero attached hydrogens (tertiary/aromatic N) is 1. The Bertz CT molecular complexity index is 779. The summed E-state index contributed by atoms with van der Waals surface area (Å²) in [5, 5.41) is 11.5. The lowest BCUT2D eigenvalue weighted by atomic mass is 10.0. The smallest absolute Gasteiger partial charge is 0.405 e. The molecule has 0 aliphatic carbocycles. The Balaban J connectivity index is 1.94. The first kappa shape index (κ1) is 21.9. The second-order valence-electron chi connectivity index (χ2n) is 7.69. The first-order chi connectivity index (χ1) is 13.1. The van der Waals surface area contributed by atoms with Gasteiger partial charge in [-0.3, -0.25) is 0 Å². The number of benzene rings is 1. The van der Waals surface area contributed by atoms with Crippen molar-refractivity contribution in [3.8, 4) is 5.75 Å². The average Bonchev–Trinajstić information content (AvgIpc) is 2.92. The Labute approximate surface area is 175 Å². The van der Waals surface area contributed by atoms with Crippen molar-refractivity contribution in [2.24, 2.45) is 0 Å². The van der Waals surface area contributed by atoms with Gasteiger partial charge in [0.25, 0.3) is 6.64 Å². The predicted octanol–water partition coefficient (Wildman–Crippen LogP) is 4.69.